The van der Waals surface area contributed by atoms with Gasteiger partial charge in [0.2, 0.25) is 0 Å². The van der Waals surface area contributed by atoms with Crippen LogP contribution >= 0.6 is 0 Å². The van der Waals surface area contributed by atoms with Crippen molar-refractivity contribution in [1.29, 1.82) is 0 Å². The minimum absolute atomic E-state index is 0.340. The minimum atomic E-state index is 0.340. The van der Waals surface area contributed by atoms with Crippen LogP contribution in [-0.2, 0) is 0 Å². The third-order valence-corrected chi connectivity index (χ3v) is 3.94. The van der Waals surface area contributed by atoms with E-state index in [0.29, 0.717) is 11.8 Å². The molecule has 1 saturated heterocycles. The fourth-order valence-electron chi connectivity index (χ4n) is 2.79. The lowest BCUT2D eigenvalue weighted by atomic mass is 10.0. The molecule has 2 N–H and O–H groups in total. The predicted octanol–water partition coefficient (Wildman–Crippen LogP) is 2.92. The van der Waals surface area contributed by atoms with Crippen LogP contribution in [0.2, 0.25) is 0 Å². The van der Waals surface area contributed by atoms with Crippen LogP contribution in [0.4, 0.5) is 0 Å². The first-order chi connectivity index (χ1) is 9.29. The zero-order valence-electron chi connectivity index (χ0n) is 11.9. The summed E-state index contributed by atoms with van der Waals surface area (Å²) in [4.78, 5) is 2.56. The molecule has 0 spiro atoms. The number of phenolic OH excluding ortho intramolecular Hbond substituents is 1. The molecular formula is C16H26N2O. The molecule has 1 aliphatic heterocycles. The maximum absolute atomic E-state index is 9.32. The SMILES string of the molecule is CCC(NCCCN1CCCC1)c1ccc(O)cc1. The molecule has 0 radical (unpaired) electrons. The van der Waals surface area contributed by atoms with E-state index in [1.165, 1.54) is 44.5 Å². The molecule has 1 aliphatic rings. The van der Waals surface area contributed by atoms with Gasteiger partial charge in [0.15, 0.2) is 0 Å². The van der Waals surface area contributed by atoms with Crippen molar-refractivity contribution in [3.63, 3.8) is 0 Å². The topological polar surface area (TPSA) is 35.5 Å². The molecule has 0 aromatic heterocycles. The zero-order valence-corrected chi connectivity index (χ0v) is 11.9. The molecule has 1 unspecified atom stereocenters. The molecule has 3 heteroatoms. The van der Waals surface area contributed by atoms with E-state index in [9.17, 15) is 5.11 Å². The molecular weight excluding hydrogens is 236 g/mol. The Morgan fingerprint density at radius 1 is 1.21 bits per heavy atom. The number of hydrogen-bond donors (Lipinski definition) is 2. The van der Waals surface area contributed by atoms with Crippen molar-refractivity contribution < 1.29 is 5.11 Å². The molecule has 0 saturated carbocycles. The molecule has 2 rings (SSSR count). The van der Waals surface area contributed by atoms with Crippen LogP contribution < -0.4 is 5.32 Å². The largest absolute Gasteiger partial charge is 0.508 e. The van der Waals surface area contributed by atoms with E-state index in [1.807, 2.05) is 12.1 Å². The van der Waals surface area contributed by atoms with Gasteiger partial charge >= 0.3 is 0 Å². The first-order valence-electron chi connectivity index (χ1n) is 7.54. The van der Waals surface area contributed by atoms with Crippen molar-refractivity contribution in [3.8, 4) is 5.75 Å². The molecule has 1 aromatic carbocycles. The number of likely N-dealkylation sites (tertiary alicyclic amines) is 1. The summed E-state index contributed by atoms with van der Waals surface area (Å²) in [5, 5.41) is 12.9. The lowest BCUT2D eigenvalue weighted by Crippen LogP contribution is -2.27. The van der Waals surface area contributed by atoms with Gasteiger partial charge in [-0.05, 0) is 69.6 Å². The highest BCUT2D eigenvalue weighted by Crippen LogP contribution is 2.19. The highest BCUT2D eigenvalue weighted by Gasteiger charge is 2.11. The average Bonchev–Trinajstić information content (AvgIpc) is 2.93. The Bertz CT molecular complexity index is 358. The lowest BCUT2D eigenvalue weighted by Gasteiger charge is -2.19. The van der Waals surface area contributed by atoms with Crippen molar-refractivity contribution in [3.05, 3.63) is 29.8 Å². The van der Waals surface area contributed by atoms with Crippen LogP contribution in [0.25, 0.3) is 0 Å². The van der Waals surface area contributed by atoms with Gasteiger partial charge in [0.1, 0.15) is 5.75 Å². The standard InChI is InChI=1S/C16H26N2O/c1-2-16(14-6-8-15(19)9-7-14)17-10-5-13-18-11-3-4-12-18/h6-9,16-17,19H,2-5,10-13H2,1H3. The fraction of sp³-hybridized carbons (Fsp3) is 0.625. The molecule has 1 aromatic rings. The molecule has 0 amide bonds. The van der Waals surface area contributed by atoms with Crippen LogP contribution in [-0.4, -0.2) is 36.2 Å². The molecule has 106 valence electrons. The van der Waals surface area contributed by atoms with E-state index >= 15 is 0 Å². The van der Waals surface area contributed by atoms with E-state index in [0.717, 1.165) is 13.0 Å². The first kappa shape index (κ1) is 14.4. The molecule has 1 fully saturated rings. The summed E-state index contributed by atoms with van der Waals surface area (Å²) in [6.45, 7) is 7.06. The normalized spacial score (nSPS) is 17.7. The number of nitrogens with zero attached hydrogens (tertiary/aromatic N) is 1. The van der Waals surface area contributed by atoms with E-state index < -0.39 is 0 Å². The van der Waals surface area contributed by atoms with E-state index in [1.54, 1.807) is 12.1 Å². The summed E-state index contributed by atoms with van der Waals surface area (Å²) >= 11 is 0. The smallest absolute Gasteiger partial charge is 0.115 e. The van der Waals surface area contributed by atoms with Crippen molar-refractivity contribution in [2.75, 3.05) is 26.2 Å². The van der Waals surface area contributed by atoms with Crippen LogP contribution in [0.5, 0.6) is 5.75 Å². The van der Waals surface area contributed by atoms with Crippen molar-refractivity contribution in [1.82, 2.24) is 10.2 Å². The lowest BCUT2D eigenvalue weighted by molar-refractivity contribution is 0.327. The van der Waals surface area contributed by atoms with E-state index in [4.69, 9.17) is 0 Å². The van der Waals surface area contributed by atoms with E-state index in [2.05, 4.69) is 17.1 Å². The number of benzene rings is 1. The zero-order chi connectivity index (χ0) is 13.5. The van der Waals surface area contributed by atoms with E-state index in [-0.39, 0.29) is 0 Å². The summed E-state index contributed by atoms with van der Waals surface area (Å²) in [5.41, 5.74) is 1.27. The maximum Gasteiger partial charge on any atom is 0.115 e. The van der Waals surface area contributed by atoms with Gasteiger partial charge < -0.3 is 15.3 Å². The summed E-state index contributed by atoms with van der Waals surface area (Å²) in [7, 11) is 0. The Labute approximate surface area is 116 Å². The van der Waals surface area contributed by atoms with Crippen molar-refractivity contribution in [2.45, 2.75) is 38.6 Å². The summed E-state index contributed by atoms with van der Waals surface area (Å²) < 4.78 is 0. The average molecular weight is 262 g/mol. The predicted molar refractivity (Wildman–Crippen MR) is 79.4 cm³/mol. The van der Waals surface area contributed by atoms with Gasteiger partial charge in [0.05, 0.1) is 0 Å². The molecule has 19 heavy (non-hydrogen) atoms. The minimum Gasteiger partial charge on any atom is -0.508 e. The maximum atomic E-state index is 9.32. The van der Waals surface area contributed by atoms with Gasteiger partial charge in [0.25, 0.3) is 0 Å². The fourth-order valence-corrected chi connectivity index (χ4v) is 2.79. The van der Waals surface area contributed by atoms with Gasteiger partial charge in [-0.25, -0.2) is 0 Å². The van der Waals surface area contributed by atoms with Gasteiger partial charge in [-0.15, -0.1) is 0 Å². The number of phenols is 1. The summed E-state index contributed by atoms with van der Waals surface area (Å²) in [6, 6.07) is 7.96. The van der Waals surface area contributed by atoms with Crippen LogP contribution in [0, 0.1) is 0 Å². The van der Waals surface area contributed by atoms with Crippen LogP contribution in [0.3, 0.4) is 0 Å². The van der Waals surface area contributed by atoms with Crippen LogP contribution in [0.15, 0.2) is 24.3 Å². The Kier molecular flexibility index (Phi) is 5.67. The Balaban J connectivity index is 1.71. The second kappa shape index (κ2) is 7.51. The molecule has 0 aliphatic carbocycles. The van der Waals surface area contributed by atoms with Gasteiger partial charge in [0, 0.05) is 6.04 Å². The third kappa shape index (κ3) is 4.51. The van der Waals surface area contributed by atoms with Gasteiger partial charge in [-0.2, -0.15) is 0 Å². The Morgan fingerprint density at radius 3 is 2.53 bits per heavy atom. The van der Waals surface area contributed by atoms with Crippen LogP contribution in [0.1, 0.15) is 44.2 Å². The molecule has 3 nitrogen and oxygen atoms in total. The number of nitrogens with one attached hydrogen (secondary N) is 1. The quantitative estimate of drug-likeness (QED) is 0.742. The second-order valence-electron chi connectivity index (χ2n) is 5.41. The summed E-state index contributed by atoms with van der Waals surface area (Å²) in [5.74, 6) is 0.340. The molecule has 1 heterocycles. The highest BCUT2D eigenvalue weighted by molar-refractivity contribution is 5.27. The third-order valence-electron chi connectivity index (χ3n) is 3.94. The monoisotopic (exact) mass is 262 g/mol. The highest BCUT2D eigenvalue weighted by atomic mass is 16.3. The molecule has 0 bridgehead atoms. The molecule has 1 atom stereocenters. The number of rotatable bonds is 7. The van der Waals surface area contributed by atoms with Gasteiger partial charge in [-0.3, -0.25) is 0 Å². The summed E-state index contributed by atoms with van der Waals surface area (Å²) in [6.07, 6.45) is 5.04. The number of hydrogen-bond acceptors (Lipinski definition) is 3. The Hall–Kier alpha value is -1.06. The van der Waals surface area contributed by atoms with Crippen molar-refractivity contribution in [2.24, 2.45) is 0 Å². The number of aromatic hydroxyl groups is 1. The van der Waals surface area contributed by atoms with Gasteiger partial charge in [-0.1, -0.05) is 19.1 Å². The van der Waals surface area contributed by atoms with Crippen molar-refractivity contribution >= 4 is 0 Å². The second-order valence-corrected chi connectivity index (χ2v) is 5.41. The first-order valence-corrected chi connectivity index (χ1v) is 7.54. The Morgan fingerprint density at radius 2 is 1.89 bits per heavy atom.